The fraction of sp³-hybridized carbons (Fsp3) is 0.235. The van der Waals surface area contributed by atoms with E-state index >= 15 is 0 Å². The van der Waals surface area contributed by atoms with Crippen molar-refractivity contribution in [2.24, 2.45) is 0 Å². The highest BCUT2D eigenvalue weighted by Crippen LogP contribution is 2.34. The molecule has 1 aliphatic heterocycles. The molecule has 3 heterocycles. The maximum Gasteiger partial charge on any atom is 0.237 e. The number of carbonyl (C=O) groups is 1. The minimum atomic E-state index is -0.230. The molecule has 0 aliphatic carbocycles. The van der Waals surface area contributed by atoms with E-state index in [1.165, 1.54) is 4.90 Å². The van der Waals surface area contributed by atoms with E-state index in [0.717, 1.165) is 46.9 Å². The van der Waals surface area contributed by atoms with Crippen LogP contribution in [0.2, 0.25) is 0 Å². The van der Waals surface area contributed by atoms with Crippen LogP contribution in [-0.4, -0.2) is 45.1 Å². The number of nitrogens with zero attached hydrogens (tertiary/aromatic N) is 3. The maximum atomic E-state index is 13.6. The number of benzene rings is 3. The number of fused-ring (bicyclic) bond motifs is 1. The Morgan fingerprint density at radius 2 is 1.69 bits per heavy atom. The van der Waals surface area contributed by atoms with Gasteiger partial charge in [0.25, 0.3) is 0 Å². The van der Waals surface area contributed by atoms with Crippen LogP contribution in [0, 0.1) is 0 Å². The zero-order valence-electron chi connectivity index (χ0n) is 23.6. The summed E-state index contributed by atoms with van der Waals surface area (Å²) >= 11 is 1.82. The summed E-state index contributed by atoms with van der Waals surface area (Å²) in [7, 11) is 1.68. The van der Waals surface area contributed by atoms with Crippen LogP contribution in [-0.2, 0) is 24.5 Å². The zero-order valence-corrected chi connectivity index (χ0v) is 24.4. The molecule has 3 aromatic carbocycles. The van der Waals surface area contributed by atoms with Crippen molar-refractivity contribution < 1.29 is 14.3 Å². The minimum Gasteiger partial charge on any atom is -0.497 e. The lowest BCUT2D eigenvalue weighted by molar-refractivity contribution is -0.125. The SMILES string of the molecule is COc1ccc(S[C@@H]2C[C@@H](C(=O)NCc3cn4ccccc4n3)N(Cc3ccc(OCc4ccccc4)cc3)C2)cc1. The van der Waals surface area contributed by atoms with E-state index in [2.05, 4.69) is 51.6 Å². The Labute approximate surface area is 250 Å². The van der Waals surface area contributed by atoms with Gasteiger partial charge in [-0.1, -0.05) is 48.5 Å². The summed E-state index contributed by atoms with van der Waals surface area (Å²) in [6, 6.07) is 32.1. The van der Waals surface area contributed by atoms with Crippen LogP contribution >= 0.6 is 11.8 Å². The number of aromatic nitrogens is 2. The lowest BCUT2D eigenvalue weighted by Gasteiger charge is -2.23. The molecule has 1 saturated heterocycles. The first-order valence-corrected chi connectivity index (χ1v) is 15.0. The average Bonchev–Trinajstić information content (AvgIpc) is 3.64. The van der Waals surface area contributed by atoms with Crippen molar-refractivity contribution >= 4 is 23.3 Å². The third kappa shape index (κ3) is 6.95. The smallest absolute Gasteiger partial charge is 0.237 e. The molecule has 0 spiro atoms. The summed E-state index contributed by atoms with van der Waals surface area (Å²) in [5, 5.41) is 3.45. The van der Waals surface area contributed by atoms with Crippen molar-refractivity contribution in [3.63, 3.8) is 0 Å². The van der Waals surface area contributed by atoms with Crippen LogP contribution in [0.3, 0.4) is 0 Å². The minimum absolute atomic E-state index is 0.0349. The van der Waals surface area contributed by atoms with E-state index in [-0.39, 0.29) is 17.2 Å². The van der Waals surface area contributed by atoms with E-state index in [1.54, 1.807) is 7.11 Å². The summed E-state index contributed by atoms with van der Waals surface area (Å²) in [6.07, 6.45) is 4.70. The van der Waals surface area contributed by atoms with Crippen molar-refractivity contribution in [2.75, 3.05) is 13.7 Å². The molecule has 0 unspecified atom stereocenters. The summed E-state index contributed by atoms with van der Waals surface area (Å²) in [4.78, 5) is 21.7. The number of thioether (sulfide) groups is 1. The number of likely N-dealkylation sites (tertiary alicyclic amines) is 1. The maximum absolute atomic E-state index is 13.6. The van der Waals surface area contributed by atoms with Crippen LogP contribution < -0.4 is 14.8 Å². The lowest BCUT2D eigenvalue weighted by Crippen LogP contribution is -2.42. The number of hydrogen-bond donors (Lipinski definition) is 1. The van der Waals surface area contributed by atoms with Crippen LogP contribution in [0.25, 0.3) is 5.65 Å². The Morgan fingerprint density at radius 3 is 2.45 bits per heavy atom. The standard InChI is InChI=1S/C34H34N4O3S/c1-40-28-14-16-30(17-15-28)42-31-19-32(34(39)35-20-27-22-37-18-6-5-9-33(37)36-27)38(23-31)21-25-10-12-29(13-11-25)41-24-26-7-3-2-4-8-26/h2-18,22,31-32H,19-21,23-24H2,1H3,(H,35,39)/t31-,32+/m1/s1. The normalized spacial score (nSPS) is 16.9. The first kappa shape index (κ1) is 27.9. The van der Waals surface area contributed by atoms with Crippen molar-refractivity contribution in [2.45, 2.75) is 42.3 Å². The predicted molar refractivity (Wildman–Crippen MR) is 166 cm³/mol. The summed E-state index contributed by atoms with van der Waals surface area (Å²) in [6.45, 7) is 2.43. The molecule has 1 fully saturated rings. The molecular weight excluding hydrogens is 544 g/mol. The Hall–Kier alpha value is -4.27. The molecule has 1 amide bonds. The number of hydrogen-bond acceptors (Lipinski definition) is 6. The van der Waals surface area contributed by atoms with Crippen LogP contribution in [0.5, 0.6) is 11.5 Å². The van der Waals surface area contributed by atoms with Gasteiger partial charge >= 0.3 is 0 Å². The zero-order chi connectivity index (χ0) is 28.7. The lowest BCUT2D eigenvalue weighted by atomic mass is 10.1. The second-order valence-electron chi connectivity index (χ2n) is 10.4. The molecule has 6 rings (SSSR count). The molecule has 2 aromatic heterocycles. The second-order valence-corrected chi connectivity index (χ2v) is 11.8. The van der Waals surface area contributed by atoms with Gasteiger partial charge in [0, 0.05) is 35.6 Å². The number of pyridine rings is 1. The molecule has 8 heteroatoms. The number of methoxy groups -OCH3 is 1. The first-order valence-electron chi connectivity index (χ1n) is 14.1. The van der Waals surface area contributed by atoms with Gasteiger partial charge in [0.2, 0.25) is 5.91 Å². The fourth-order valence-electron chi connectivity index (χ4n) is 5.28. The summed E-state index contributed by atoms with van der Waals surface area (Å²) < 4.78 is 13.3. The van der Waals surface area contributed by atoms with E-state index in [4.69, 9.17) is 9.47 Å². The Balaban J connectivity index is 1.12. The largest absolute Gasteiger partial charge is 0.497 e. The Morgan fingerprint density at radius 1 is 0.929 bits per heavy atom. The second kappa shape index (κ2) is 13.1. The molecule has 0 saturated carbocycles. The van der Waals surface area contributed by atoms with Gasteiger partial charge in [0.1, 0.15) is 23.8 Å². The number of amides is 1. The van der Waals surface area contributed by atoms with Gasteiger partial charge in [-0.25, -0.2) is 4.98 Å². The van der Waals surface area contributed by atoms with Gasteiger partial charge in [-0.15, -0.1) is 11.8 Å². The average molecular weight is 579 g/mol. The molecule has 42 heavy (non-hydrogen) atoms. The molecule has 5 aromatic rings. The Bertz CT molecular complexity index is 1570. The van der Waals surface area contributed by atoms with Crippen LogP contribution in [0.1, 0.15) is 23.2 Å². The number of rotatable bonds is 11. The monoisotopic (exact) mass is 578 g/mol. The topological polar surface area (TPSA) is 68.1 Å². The van der Waals surface area contributed by atoms with Crippen molar-refractivity contribution in [3.8, 4) is 11.5 Å². The van der Waals surface area contributed by atoms with Gasteiger partial charge in [0.05, 0.1) is 25.4 Å². The van der Waals surface area contributed by atoms with Crippen LogP contribution in [0.15, 0.2) is 114 Å². The van der Waals surface area contributed by atoms with Gasteiger partial charge in [0.15, 0.2) is 0 Å². The number of ether oxygens (including phenoxy) is 2. The third-order valence-electron chi connectivity index (χ3n) is 7.44. The van der Waals surface area contributed by atoms with Gasteiger partial charge < -0.3 is 19.2 Å². The summed E-state index contributed by atoms with van der Waals surface area (Å²) in [5.41, 5.74) is 4.00. The van der Waals surface area contributed by atoms with E-state index < -0.39 is 0 Å². The highest BCUT2D eigenvalue weighted by atomic mass is 32.2. The van der Waals surface area contributed by atoms with E-state index in [9.17, 15) is 4.79 Å². The molecular formula is C34H34N4O3S. The van der Waals surface area contributed by atoms with Crippen molar-refractivity contribution in [1.29, 1.82) is 0 Å². The van der Waals surface area contributed by atoms with Gasteiger partial charge in [-0.3, -0.25) is 9.69 Å². The molecule has 0 radical (unpaired) electrons. The summed E-state index contributed by atoms with van der Waals surface area (Å²) in [5.74, 6) is 1.71. The van der Waals surface area contributed by atoms with Gasteiger partial charge in [-0.2, -0.15) is 0 Å². The number of imidazole rings is 1. The van der Waals surface area contributed by atoms with E-state index in [0.29, 0.717) is 19.7 Å². The predicted octanol–water partition coefficient (Wildman–Crippen LogP) is 5.97. The molecule has 214 valence electrons. The van der Waals surface area contributed by atoms with Crippen molar-refractivity contribution in [1.82, 2.24) is 19.6 Å². The fourth-order valence-corrected chi connectivity index (χ4v) is 6.50. The highest BCUT2D eigenvalue weighted by Gasteiger charge is 2.37. The first-order chi connectivity index (χ1) is 20.6. The van der Waals surface area contributed by atoms with E-state index in [1.807, 2.05) is 89.2 Å². The molecule has 0 bridgehead atoms. The molecule has 7 nitrogen and oxygen atoms in total. The van der Waals surface area contributed by atoms with Crippen molar-refractivity contribution in [3.05, 3.63) is 126 Å². The third-order valence-corrected chi connectivity index (χ3v) is 8.66. The highest BCUT2D eigenvalue weighted by molar-refractivity contribution is 8.00. The molecule has 2 atom stereocenters. The quantitative estimate of drug-likeness (QED) is 0.208. The van der Waals surface area contributed by atoms with Crippen LogP contribution in [0.4, 0.5) is 0 Å². The number of nitrogens with one attached hydrogen (secondary N) is 1. The van der Waals surface area contributed by atoms with Gasteiger partial charge in [-0.05, 0) is 66.1 Å². The molecule has 1 aliphatic rings. The Kier molecular flexibility index (Phi) is 8.72. The molecule has 1 N–H and O–H groups in total. The number of carbonyl (C=O) groups excluding carboxylic acids is 1.